The molecule has 0 fully saturated rings. The van der Waals surface area contributed by atoms with Crippen molar-refractivity contribution in [1.29, 1.82) is 0 Å². The third-order valence-electron chi connectivity index (χ3n) is 3.78. The number of para-hydroxylation sites is 2. The van der Waals surface area contributed by atoms with Gasteiger partial charge in [-0.2, -0.15) is 0 Å². The molecule has 0 aliphatic rings. The molecule has 2 amide bonds. The van der Waals surface area contributed by atoms with Crippen LogP contribution >= 0.6 is 0 Å². The quantitative estimate of drug-likeness (QED) is 0.716. The molecule has 0 spiro atoms. The number of benzene rings is 2. The second kappa shape index (κ2) is 6.96. The lowest BCUT2D eigenvalue weighted by atomic mass is 10.1. The molecule has 3 aromatic rings. The van der Waals surface area contributed by atoms with Crippen molar-refractivity contribution >= 4 is 22.8 Å². The van der Waals surface area contributed by atoms with Gasteiger partial charge in [-0.15, -0.1) is 0 Å². The Bertz CT molecular complexity index is 982. The molecule has 0 radical (unpaired) electrons. The first kappa shape index (κ1) is 16.4. The number of hydrogen-bond donors (Lipinski definition) is 2. The molecule has 3 N–H and O–H groups in total. The van der Waals surface area contributed by atoms with Crippen molar-refractivity contribution in [3.05, 3.63) is 76.7 Å². The Balaban J connectivity index is 1.86. The highest BCUT2D eigenvalue weighted by molar-refractivity contribution is 5.88. The van der Waals surface area contributed by atoms with Gasteiger partial charge in [-0.25, -0.2) is 4.98 Å². The van der Waals surface area contributed by atoms with Crippen LogP contribution in [-0.4, -0.2) is 21.4 Å². The fourth-order valence-corrected chi connectivity index (χ4v) is 2.59. The maximum atomic E-state index is 12.4. The largest absolute Gasteiger partial charge is 0.368 e. The van der Waals surface area contributed by atoms with Crippen molar-refractivity contribution in [3.63, 3.8) is 0 Å². The summed E-state index contributed by atoms with van der Waals surface area (Å²) < 4.78 is 1.31. The molecule has 25 heavy (non-hydrogen) atoms. The third kappa shape index (κ3) is 3.55. The van der Waals surface area contributed by atoms with Crippen LogP contribution in [0.3, 0.4) is 0 Å². The predicted octanol–water partition coefficient (Wildman–Crippen LogP) is 0.739. The van der Waals surface area contributed by atoms with Gasteiger partial charge in [0.1, 0.15) is 12.6 Å². The van der Waals surface area contributed by atoms with E-state index in [0.29, 0.717) is 16.6 Å². The first-order valence-corrected chi connectivity index (χ1v) is 7.64. The van der Waals surface area contributed by atoms with E-state index in [1.807, 2.05) is 0 Å². The topological polar surface area (TPSA) is 107 Å². The SMILES string of the molecule is NC(=O)[C@@H](NC(=O)Cn1c(=O)cnc2ccccc21)c1ccccc1. The Kier molecular flexibility index (Phi) is 4.56. The van der Waals surface area contributed by atoms with Crippen molar-refractivity contribution in [2.45, 2.75) is 12.6 Å². The van der Waals surface area contributed by atoms with Crippen molar-refractivity contribution in [2.75, 3.05) is 0 Å². The van der Waals surface area contributed by atoms with E-state index in [0.717, 1.165) is 0 Å². The number of hydrogen-bond acceptors (Lipinski definition) is 4. The Labute approximate surface area is 143 Å². The van der Waals surface area contributed by atoms with Gasteiger partial charge in [0, 0.05) is 0 Å². The molecule has 0 aliphatic carbocycles. The molecule has 1 heterocycles. The predicted molar refractivity (Wildman–Crippen MR) is 92.5 cm³/mol. The number of fused-ring (bicyclic) bond motifs is 1. The molecular formula is C18H16N4O3. The van der Waals surface area contributed by atoms with E-state index >= 15 is 0 Å². The molecule has 0 saturated carbocycles. The molecule has 126 valence electrons. The lowest BCUT2D eigenvalue weighted by Crippen LogP contribution is -2.40. The number of carbonyl (C=O) groups is 2. The van der Waals surface area contributed by atoms with E-state index in [1.165, 1.54) is 10.8 Å². The number of amides is 2. The first-order valence-electron chi connectivity index (χ1n) is 7.64. The minimum absolute atomic E-state index is 0.238. The number of carbonyl (C=O) groups excluding carboxylic acids is 2. The Morgan fingerprint density at radius 2 is 1.76 bits per heavy atom. The van der Waals surface area contributed by atoms with Crippen LogP contribution < -0.4 is 16.6 Å². The van der Waals surface area contributed by atoms with Crippen LogP contribution in [-0.2, 0) is 16.1 Å². The first-order chi connectivity index (χ1) is 12.1. The summed E-state index contributed by atoms with van der Waals surface area (Å²) in [5, 5.41) is 2.58. The van der Waals surface area contributed by atoms with E-state index in [4.69, 9.17) is 5.73 Å². The van der Waals surface area contributed by atoms with Gasteiger partial charge in [0.05, 0.1) is 17.2 Å². The number of nitrogens with one attached hydrogen (secondary N) is 1. The zero-order chi connectivity index (χ0) is 17.8. The highest BCUT2D eigenvalue weighted by Crippen LogP contribution is 2.12. The zero-order valence-corrected chi connectivity index (χ0v) is 13.3. The van der Waals surface area contributed by atoms with Crippen LogP contribution in [0.5, 0.6) is 0 Å². The highest BCUT2D eigenvalue weighted by atomic mass is 16.2. The number of rotatable bonds is 5. The van der Waals surface area contributed by atoms with E-state index in [1.54, 1.807) is 54.6 Å². The van der Waals surface area contributed by atoms with Gasteiger partial charge in [-0.1, -0.05) is 42.5 Å². The van der Waals surface area contributed by atoms with Crippen LogP contribution in [0, 0.1) is 0 Å². The van der Waals surface area contributed by atoms with Crippen LogP contribution in [0.15, 0.2) is 65.6 Å². The summed E-state index contributed by atoms with van der Waals surface area (Å²) in [4.78, 5) is 40.2. The normalized spacial score (nSPS) is 11.8. The van der Waals surface area contributed by atoms with Crippen molar-refractivity contribution < 1.29 is 9.59 Å². The van der Waals surface area contributed by atoms with Crippen LogP contribution in [0.2, 0.25) is 0 Å². The molecule has 1 atom stereocenters. The Hall–Kier alpha value is -3.48. The van der Waals surface area contributed by atoms with Crippen LogP contribution in [0.1, 0.15) is 11.6 Å². The Morgan fingerprint density at radius 3 is 2.48 bits per heavy atom. The Morgan fingerprint density at radius 1 is 1.08 bits per heavy atom. The average Bonchev–Trinajstić information content (AvgIpc) is 2.62. The summed E-state index contributed by atoms with van der Waals surface area (Å²) in [5.41, 5.74) is 6.72. The van der Waals surface area contributed by atoms with E-state index < -0.39 is 23.4 Å². The molecule has 2 aromatic carbocycles. The monoisotopic (exact) mass is 336 g/mol. The zero-order valence-electron chi connectivity index (χ0n) is 13.3. The number of nitrogens with zero attached hydrogens (tertiary/aromatic N) is 2. The maximum absolute atomic E-state index is 12.4. The molecule has 1 aromatic heterocycles. The van der Waals surface area contributed by atoms with Crippen LogP contribution in [0.25, 0.3) is 11.0 Å². The minimum atomic E-state index is -0.961. The number of aromatic nitrogens is 2. The summed E-state index contributed by atoms with van der Waals surface area (Å²) in [5.74, 6) is -1.17. The third-order valence-corrected chi connectivity index (χ3v) is 3.78. The molecule has 0 aliphatic heterocycles. The molecule has 0 saturated heterocycles. The van der Waals surface area contributed by atoms with E-state index in [2.05, 4.69) is 10.3 Å². The van der Waals surface area contributed by atoms with Gasteiger partial charge < -0.3 is 11.1 Å². The van der Waals surface area contributed by atoms with Crippen LogP contribution in [0.4, 0.5) is 0 Å². The fraction of sp³-hybridized carbons (Fsp3) is 0.111. The lowest BCUT2D eigenvalue weighted by Gasteiger charge is -2.17. The van der Waals surface area contributed by atoms with Gasteiger partial charge in [-0.3, -0.25) is 19.0 Å². The molecule has 0 bridgehead atoms. The highest BCUT2D eigenvalue weighted by Gasteiger charge is 2.20. The van der Waals surface area contributed by atoms with Crippen molar-refractivity contribution in [2.24, 2.45) is 5.73 Å². The van der Waals surface area contributed by atoms with Gasteiger partial charge in [0.15, 0.2) is 0 Å². The molecule has 7 nitrogen and oxygen atoms in total. The molecule has 0 unspecified atom stereocenters. The second-order valence-electron chi connectivity index (χ2n) is 5.48. The lowest BCUT2D eigenvalue weighted by molar-refractivity contribution is -0.127. The summed E-state index contributed by atoms with van der Waals surface area (Å²) in [6.45, 7) is -0.238. The fourth-order valence-electron chi connectivity index (χ4n) is 2.59. The number of primary amides is 1. The van der Waals surface area contributed by atoms with Crippen molar-refractivity contribution in [1.82, 2.24) is 14.9 Å². The summed E-state index contributed by atoms with van der Waals surface area (Å²) >= 11 is 0. The van der Waals surface area contributed by atoms with Crippen molar-refractivity contribution in [3.8, 4) is 0 Å². The maximum Gasteiger partial charge on any atom is 0.269 e. The summed E-state index contributed by atoms with van der Waals surface area (Å²) in [6, 6.07) is 14.7. The van der Waals surface area contributed by atoms with Gasteiger partial charge in [-0.05, 0) is 17.7 Å². The smallest absolute Gasteiger partial charge is 0.269 e. The number of nitrogens with two attached hydrogens (primary N) is 1. The molecule has 3 rings (SSSR count). The standard InChI is InChI=1S/C18H16N4O3/c19-18(25)17(12-6-2-1-3-7-12)21-15(23)11-22-14-9-5-4-8-13(14)20-10-16(22)24/h1-10,17H,11H2,(H2,19,25)(H,21,23)/t17-/m0/s1. The van der Waals surface area contributed by atoms with E-state index in [9.17, 15) is 14.4 Å². The molecular weight excluding hydrogens is 320 g/mol. The van der Waals surface area contributed by atoms with E-state index in [-0.39, 0.29) is 6.54 Å². The average molecular weight is 336 g/mol. The van der Waals surface area contributed by atoms with Gasteiger partial charge >= 0.3 is 0 Å². The van der Waals surface area contributed by atoms with Gasteiger partial charge in [0.2, 0.25) is 11.8 Å². The summed E-state index contributed by atoms with van der Waals surface area (Å²) in [7, 11) is 0. The van der Waals surface area contributed by atoms with Gasteiger partial charge in [0.25, 0.3) is 5.56 Å². The molecule has 7 heteroatoms. The minimum Gasteiger partial charge on any atom is -0.368 e. The summed E-state index contributed by atoms with van der Waals surface area (Å²) in [6.07, 6.45) is 1.17. The second-order valence-corrected chi connectivity index (χ2v) is 5.48.